The van der Waals surface area contributed by atoms with Gasteiger partial charge < -0.3 is 15.2 Å². The molecule has 1 aromatic rings. The van der Waals surface area contributed by atoms with Crippen LogP contribution in [0.15, 0.2) is 24.3 Å². The van der Waals surface area contributed by atoms with Crippen molar-refractivity contribution in [2.24, 2.45) is 0 Å². The molecule has 0 saturated carbocycles. The highest BCUT2D eigenvalue weighted by atomic mass is 16.5. The first-order valence-corrected chi connectivity index (χ1v) is 6.70. The van der Waals surface area contributed by atoms with Gasteiger partial charge in [0.25, 0.3) is 0 Å². The van der Waals surface area contributed by atoms with Crippen molar-refractivity contribution in [2.75, 3.05) is 13.2 Å². The molecule has 0 aliphatic rings. The normalized spacial score (nSPS) is 10.6. The molecule has 5 heteroatoms. The molecule has 1 amide bonds. The van der Waals surface area contributed by atoms with Crippen LogP contribution in [0.5, 0.6) is 0 Å². The minimum Gasteiger partial charge on any atom is -0.478 e. The average molecular weight is 279 g/mol. The van der Waals surface area contributed by atoms with E-state index in [0.29, 0.717) is 18.7 Å². The van der Waals surface area contributed by atoms with Crippen molar-refractivity contribution in [3.8, 4) is 0 Å². The van der Waals surface area contributed by atoms with Crippen LogP contribution in [0.2, 0.25) is 0 Å². The summed E-state index contributed by atoms with van der Waals surface area (Å²) in [4.78, 5) is 22.8. The van der Waals surface area contributed by atoms with E-state index in [-0.39, 0.29) is 24.0 Å². The summed E-state index contributed by atoms with van der Waals surface area (Å²) in [6.07, 6.45) is 1.01. The van der Waals surface area contributed by atoms with Gasteiger partial charge in [-0.15, -0.1) is 0 Å². The zero-order chi connectivity index (χ0) is 15.0. The van der Waals surface area contributed by atoms with Crippen LogP contribution in [-0.2, 0) is 16.0 Å². The summed E-state index contributed by atoms with van der Waals surface area (Å²) in [5, 5.41) is 11.8. The first-order chi connectivity index (χ1) is 9.50. The Morgan fingerprint density at radius 2 is 2.00 bits per heavy atom. The van der Waals surface area contributed by atoms with Crippen LogP contribution >= 0.6 is 0 Å². The van der Waals surface area contributed by atoms with E-state index in [1.807, 2.05) is 13.8 Å². The van der Waals surface area contributed by atoms with E-state index >= 15 is 0 Å². The van der Waals surface area contributed by atoms with Gasteiger partial charge in [0.1, 0.15) is 0 Å². The molecule has 0 heterocycles. The maximum atomic E-state index is 11.7. The van der Waals surface area contributed by atoms with Crippen molar-refractivity contribution in [3.63, 3.8) is 0 Å². The molecule has 0 radical (unpaired) electrons. The minimum absolute atomic E-state index is 0.0769. The van der Waals surface area contributed by atoms with Gasteiger partial charge >= 0.3 is 5.97 Å². The SMILES string of the molecule is CC(C)OCCCNC(=O)Cc1ccccc1C(=O)O. The lowest BCUT2D eigenvalue weighted by molar-refractivity contribution is -0.120. The number of nitrogens with one attached hydrogen (secondary N) is 1. The second kappa shape index (κ2) is 8.32. The van der Waals surface area contributed by atoms with Crippen molar-refractivity contribution in [3.05, 3.63) is 35.4 Å². The Morgan fingerprint density at radius 3 is 2.65 bits per heavy atom. The second-order valence-electron chi connectivity index (χ2n) is 4.76. The van der Waals surface area contributed by atoms with Gasteiger partial charge in [-0.1, -0.05) is 18.2 Å². The number of carboxylic acid groups (broad SMARTS) is 1. The van der Waals surface area contributed by atoms with Gasteiger partial charge in [0, 0.05) is 13.2 Å². The molecule has 0 aliphatic heterocycles. The molecule has 0 atom stereocenters. The van der Waals surface area contributed by atoms with Crippen LogP contribution in [0.3, 0.4) is 0 Å². The molecule has 0 saturated heterocycles. The Balaban J connectivity index is 2.37. The Kier molecular flexibility index (Phi) is 6.73. The second-order valence-corrected chi connectivity index (χ2v) is 4.76. The van der Waals surface area contributed by atoms with Crippen molar-refractivity contribution in [1.82, 2.24) is 5.32 Å². The number of carbonyl (C=O) groups is 2. The van der Waals surface area contributed by atoms with E-state index in [9.17, 15) is 9.59 Å². The smallest absolute Gasteiger partial charge is 0.335 e. The largest absolute Gasteiger partial charge is 0.478 e. The highest BCUT2D eigenvalue weighted by Gasteiger charge is 2.11. The third kappa shape index (κ3) is 5.84. The fraction of sp³-hybridized carbons (Fsp3) is 0.467. The van der Waals surface area contributed by atoms with Crippen LogP contribution in [0.1, 0.15) is 36.2 Å². The number of rotatable bonds is 8. The summed E-state index contributed by atoms with van der Waals surface area (Å²) in [5.41, 5.74) is 0.696. The number of hydrogen-bond donors (Lipinski definition) is 2. The minimum atomic E-state index is -1.02. The Hall–Kier alpha value is -1.88. The van der Waals surface area contributed by atoms with Gasteiger partial charge in [-0.05, 0) is 31.9 Å². The summed E-state index contributed by atoms with van der Waals surface area (Å²) < 4.78 is 5.36. The molecule has 0 unspecified atom stereocenters. The number of aromatic carboxylic acids is 1. The lowest BCUT2D eigenvalue weighted by Gasteiger charge is -2.09. The summed E-state index contributed by atoms with van der Waals surface area (Å²) in [7, 11) is 0. The average Bonchev–Trinajstić information content (AvgIpc) is 2.38. The number of benzene rings is 1. The Bertz CT molecular complexity index is 457. The van der Waals surface area contributed by atoms with Gasteiger partial charge in [-0.25, -0.2) is 4.79 Å². The molecule has 0 fully saturated rings. The molecular formula is C15H21NO4. The topological polar surface area (TPSA) is 75.6 Å². The van der Waals surface area contributed by atoms with Gasteiger partial charge in [0.2, 0.25) is 5.91 Å². The molecule has 0 aliphatic carbocycles. The molecule has 20 heavy (non-hydrogen) atoms. The van der Waals surface area contributed by atoms with Crippen LogP contribution < -0.4 is 5.32 Å². The number of carboxylic acids is 1. The predicted molar refractivity (Wildman–Crippen MR) is 75.8 cm³/mol. The van der Waals surface area contributed by atoms with E-state index in [2.05, 4.69) is 5.32 Å². The first-order valence-electron chi connectivity index (χ1n) is 6.70. The van der Waals surface area contributed by atoms with Gasteiger partial charge in [0.05, 0.1) is 18.1 Å². The summed E-state index contributed by atoms with van der Waals surface area (Å²) in [5.74, 6) is -1.19. The number of amides is 1. The molecule has 110 valence electrons. The highest BCUT2D eigenvalue weighted by Crippen LogP contribution is 2.09. The lowest BCUT2D eigenvalue weighted by atomic mass is 10.0. The van der Waals surface area contributed by atoms with Crippen LogP contribution in [-0.4, -0.2) is 36.2 Å². The molecular weight excluding hydrogens is 258 g/mol. The number of ether oxygens (including phenoxy) is 1. The zero-order valence-electron chi connectivity index (χ0n) is 11.9. The molecule has 1 aromatic carbocycles. The van der Waals surface area contributed by atoms with Gasteiger partial charge in [-0.2, -0.15) is 0 Å². The molecule has 0 spiro atoms. The highest BCUT2D eigenvalue weighted by molar-refractivity contribution is 5.91. The fourth-order valence-electron chi connectivity index (χ4n) is 1.74. The van der Waals surface area contributed by atoms with E-state index in [4.69, 9.17) is 9.84 Å². The number of carbonyl (C=O) groups excluding carboxylic acids is 1. The standard InChI is InChI=1S/C15H21NO4/c1-11(2)20-9-5-8-16-14(17)10-12-6-3-4-7-13(12)15(18)19/h3-4,6-7,11H,5,8-10H2,1-2H3,(H,16,17)(H,18,19). The van der Waals surface area contributed by atoms with Crippen molar-refractivity contribution < 1.29 is 19.4 Å². The summed E-state index contributed by atoms with van der Waals surface area (Å²) in [6, 6.07) is 6.53. The number of hydrogen-bond acceptors (Lipinski definition) is 3. The Morgan fingerprint density at radius 1 is 1.30 bits per heavy atom. The monoisotopic (exact) mass is 279 g/mol. The predicted octanol–water partition coefficient (Wildman–Crippen LogP) is 1.86. The van der Waals surface area contributed by atoms with Gasteiger partial charge in [-0.3, -0.25) is 4.79 Å². The molecule has 0 aromatic heterocycles. The lowest BCUT2D eigenvalue weighted by Crippen LogP contribution is -2.27. The van der Waals surface area contributed by atoms with Crippen molar-refractivity contribution in [2.45, 2.75) is 32.8 Å². The van der Waals surface area contributed by atoms with E-state index < -0.39 is 5.97 Å². The van der Waals surface area contributed by atoms with Crippen LogP contribution in [0.25, 0.3) is 0 Å². The molecule has 2 N–H and O–H groups in total. The van der Waals surface area contributed by atoms with E-state index in [0.717, 1.165) is 6.42 Å². The van der Waals surface area contributed by atoms with Crippen LogP contribution in [0.4, 0.5) is 0 Å². The van der Waals surface area contributed by atoms with E-state index in [1.54, 1.807) is 18.2 Å². The van der Waals surface area contributed by atoms with Gasteiger partial charge in [0.15, 0.2) is 0 Å². The maximum Gasteiger partial charge on any atom is 0.335 e. The van der Waals surface area contributed by atoms with Crippen molar-refractivity contribution >= 4 is 11.9 Å². The fourth-order valence-corrected chi connectivity index (χ4v) is 1.74. The van der Waals surface area contributed by atoms with Crippen LogP contribution in [0, 0.1) is 0 Å². The molecule has 5 nitrogen and oxygen atoms in total. The van der Waals surface area contributed by atoms with Crippen molar-refractivity contribution in [1.29, 1.82) is 0 Å². The first kappa shape index (κ1) is 16.2. The quantitative estimate of drug-likeness (QED) is 0.712. The Labute approximate surface area is 118 Å². The molecule has 1 rings (SSSR count). The zero-order valence-corrected chi connectivity index (χ0v) is 11.9. The summed E-state index contributed by atoms with van der Waals surface area (Å²) >= 11 is 0. The third-order valence-corrected chi connectivity index (χ3v) is 2.69. The third-order valence-electron chi connectivity index (χ3n) is 2.69. The summed E-state index contributed by atoms with van der Waals surface area (Å²) in [6.45, 7) is 5.05. The molecule has 0 bridgehead atoms. The van der Waals surface area contributed by atoms with E-state index in [1.165, 1.54) is 6.07 Å². The maximum absolute atomic E-state index is 11.7.